The topological polar surface area (TPSA) is 66.4 Å². The van der Waals surface area contributed by atoms with E-state index in [9.17, 15) is 5.11 Å². The van der Waals surface area contributed by atoms with Crippen molar-refractivity contribution in [1.29, 1.82) is 0 Å². The van der Waals surface area contributed by atoms with Crippen LogP contribution in [-0.4, -0.2) is 48.0 Å². The fourth-order valence-electron chi connectivity index (χ4n) is 5.75. The predicted molar refractivity (Wildman–Crippen MR) is 158 cm³/mol. The van der Waals surface area contributed by atoms with Crippen LogP contribution in [0.3, 0.4) is 0 Å². The fourth-order valence-corrected chi connectivity index (χ4v) is 5.75. The summed E-state index contributed by atoms with van der Waals surface area (Å²) in [6, 6.07) is 30.2. The largest absolute Gasteiger partial charge is 0.390 e. The van der Waals surface area contributed by atoms with Crippen molar-refractivity contribution in [3.05, 3.63) is 120 Å². The molecule has 5 unspecified atom stereocenters. The minimum atomic E-state index is -0.758. The van der Waals surface area contributed by atoms with Crippen molar-refractivity contribution in [3.8, 4) is 0 Å². The molecule has 2 fully saturated rings. The van der Waals surface area contributed by atoms with E-state index in [4.69, 9.17) is 23.7 Å². The molecule has 1 saturated carbocycles. The molecule has 0 spiro atoms. The number of hydrogen-bond donors (Lipinski definition) is 1. The Morgan fingerprint density at radius 2 is 1.20 bits per heavy atom. The monoisotopic (exact) mass is 558 g/mol. The Labute approximate surface area is 243 Å². The molecule has 41 heavy (non-hydrogen) atoms. The Morgan fingerprint density at radius 3 is 1.71 bits per heavy atom. The molecule has 3 aromatic carbocycles. The smallest absolute Gasteiger partial charge is 0.187 e. The van der Waals surface area contributed by atoms with E-state index in [0.717, 1.165) is 29.5 Å². The quantitative estimate of drug-likeness (QED) is 0.266. The molecular formula is C35H42O6. The van der Waals surface area contributed by atoms with E-state index in [-0.39, 0.29) is 12.0 Å². The van der Waals surface area contributed by atoms with E-state index < -0.39 is 36.8 Å². The van der Waals surface area contributed by atoms with Gasteiger partial charge in [-0.15, -0.1) is 6.58 Å². The number of hydrogen-bond acceptors (Lipinski definition) is 6. The molecule has 218 valence electrons. The Balaban J connectivity index is 1.42. The Kier molecular flexibility index (Phi) is 10.8. The summed E-state index contributed by atoms with van der Waals surface area (Å²) in [6.45, 7) is 7.16. The van der Waals surface area contributed by atoms with Gasteiger partial charge in [-0.2, -0.15) is 0 Å². The number of ether oxygens (including phenoxy) is 5. The molecule has 1 aliphatic carbocycles. The SMILES string of the molecule is C=CC1CCC[C@@H](O)C1O[C@@H]1OC(C)[C@@H](OCc2ccccc2)C(OCc2ccccc2)C1OCc1ccccc1. The Morgan fingerprint density at radius 1 is 0.707 bits per heavy atom. The predicted octanol–water partition coefficient (Wildman–Crippen LogP) is 6.22. The highest BCUT2D eigenvalue weighted by atomic mass is 16.7. The van der Waals surface area contributed by atoms with Gasteiger partial charge in [0.2, 0.25) is 0 Å². The minimum Gasteiger partial charge on any atom is -0.390 e. The zero-order valence-corrected chi connectivity index (χ0v) is 23.8. The van der Waals surface area contributed by atoms with Crippen LogP contribution in [-0.2, 0) is 43.5 Å². The average molecular weight is 559 g/mol. The summed E-state index contributed by atoms with van der Waals surface area (Å²) in [5.41, 5.74) is 3.16. The second-order valence-electron chi connectivity index (χ2n) is 11.0. The normalized spacial score (nSPS) is 30.1. The van der Waals surface area contributed by atoms with Crippen molar-refractivity contribution in [3.63, 3.8) is 0 Å². The van der Waals surface area contributed by atoms with Crippen molar-refractivity contribution in [2.75, 3.05) is 0 Å². The maximum atomic E-state index is 10.9. The first kappa shape index (κ1) is 29.6. The number of rotatable bonds is 12. The van der Waals surface area contributed by atoms with E-state index in [1.54, 1.807) is 0 Å². The van der Waals surface area contributed by atoms with Crippen molar-refractivity contribution >= 4 is 0 Å². The molecule has 0 radical (unpaired) electrons. The van der Waals surface area contributed by atoms with Crippen LogP contribution in [0.5, 0.6) is 0 Å². The third-order valence-electron chi connectivity index (χ3n) is 8.02. The molecule has 1 saturated heterocycles. The third kappa shape index (κ3) is 7.92. The van der Waals surface area contributed by atoms with Crippen molar-refractivity contribution < 1.29 is 28.8 Å². The van der Waals surface area contributed by atoms with Gasteiger partial charge in [0.15, 0.2) is 6.29 Å². The van der Waals surface area contributed by atoms with Gasteiger partial charge in [-0.3, -0.25) is 0 Å². The summed E-state index contributed by atoms with van der Waals surface area (Å²) >= 11 is 0. The molecule has 2 aliphatic rings. The average Bonchev–Trinajstić information content (AvgIpc) is 3.01. The van der Waals surface area contributed by atoms with Gasteiger partial charge < -0.3 is 28.8 Å². The van der Waals surface area contributed by atoms with Gasteiger partial charge in [0.1, 0.15) is 18.3 Å². The van der Waals surface area contributed by atoms with Gasteiger partial charge in [-0.05, 0) is 36.5 Å². The first-order valence-electron chi connectivity index (χ1n) is 14.7. The van der Waals surface area contributed by atoms with Crippen LogP contribution in [0.25, 0.3) is 0 Å². The van der Waals surface area contributed by atoms with Crippen LogP contribution in [0.2, 0.25) is 0 Å². The van der Waals surface area contributed by atoms with Gasteiger partial charge in [0.05, 0.1) is 38.1 Å². The molecule has 6 nitrogen and oxygen atoms in total. The van der Waals surface area contributed by atoms with Crippen LogP contribution < -0.4 is 0 Å². The minimum absolute atomic E-state index is 0.0307. The number of aliphatic hydroxyl groups excluding tert-OH is 1. The van der Waals surface area contributed by atoms with Gasteiger partial charge in [-0.1, -0.05) is 103 Å². The zero-order valence-electron chi connectivity index (χ0n) is 23.8. The Hall–Kier alpha value is -2.84. The molecule has 1 heterocycles. The highest BCUT2D eigenvalue weighted by Gasteiger charge is 2.49. The van der Waals surface area contributed by atoms with E-state index in [1.807, 2.05) is 104 Å². The summed E-state index contributed by atoms with van der Waals surface area (Å²) < 4.78 is 32.9. The van der Waals surface area contributed by atoms with Gasteiger partial charge in [-0.25, -0.2) is 0 Å². The molecular weight excluding hydrogens is 516 g/mol. The van der Waals surface area contributed by atoms with Gasteiger partial charge in [0, 0.05) is 5.92 Å². The molecule has 0 bridgehead atoms. The second-order valence-corrected chi connectivity index (χ2v) is 11.0. The maximum Gasteiger partial charge on any atom is 0.187 e. The van der Waals surface area contributed by atoms with Gasteiger partial charge >= 0.3 is 0 Å². The standard InChI is InChI=1S/C35H42O6/c1-3-29-20-13-21-30(36)32(29)41-35-34(39-24-28-18-11-6-12-19-28)33(38-23-27-16-9-5-10-17-27)31(25(2)40-35)37-22-26-14-7-4-8-15-26/h3-12,14-19,25,29-36H,1,13,20-24H2,2H3/t25?,29?,30-,31-,32?,33?,34?,35+/m1/s1. The molecule has 1 aliphatic heterocycles. The second kappa shape index (κ2) is 14.9. The molecule has 8 atom stereocenters. The molecule has 5 rings (SSSR count). The summed E-state index contributed by atoms with van der Waals surface area (Å²) in [5, 5.41) is 10.9. The molecule has 3 aromatic rings. The van der Waals surface area contributed by atoms with Crippen LogP contribution >= 0.6 is 0 Å². The number of benzene rings is 3. The van der Waals surface area contributed by atoms with Crippen LogP contribution in [0.15, 0.2) is 104 Å². The molecule has 6 heteroatoms. The van der Waals surface area contributed by atoms with Crippen molar-refractivity contribution in [1.82, 2.24) is 0 Å². The molecule has 1 N–H and O–H groups in total. The van der Waals surface area contributed by atoms with E-state index in [1.165, 1.54) is 0 Å². The summed E-state index contributed by atoms with van der Waals surface area (Å²) in [7, 11) is 0. The highest BCUT2D eigenvalue weighted by molar-refractivity contribution is 5.15. The highest BCUT2D eigenvalue weighted by Crippen LogP contribution is 2.35. The fraction of sp³-hybridized carbons (Fsp3) is 0.429. The van der Waals surface area contributed by atoms with E-state index in [2.05, 4.69) is 6.58 Å². The Bertz CT molecular complexity index is 1170. The first-order chi connectivity index (χ1) is 20.1. The maximum absolute atomic E-state index is 10.9. The van der Waals surface area contributed by atoms with Crippen molar-refractivity contribution in [2.24, 2.45) is 5.92 Å². The summed E-state index contributed by atoms with van der Waals surface area (Å²) in [6.07, 6.45) is 0.786. The van der Waals surface area contributed by atoms with Crippen LogP contribution in [0.4, 0.5) is 0 Å². The lowest BCUT2D eigenvalue weighted by Gasteiger charge is -2.47. The summed E-state index contributed by atoms with van der Waals surface area (Å²) in [5.74, 6) is 0.0307. The van der Waals surface area contributed by atoms with Gasteiger partial charge in [0.25, 0.3) is 0 Å². The van der Waals surface area contributed by atoms with Crippen molar-refractivity contribution in [2.45, 2.75) is 88.9 Å². The zero-order chi connectivity index (χ0) is 28.4. The van der Waals surface area contributed by atoms with Crippen LogP contribution in [0.1, 0.15) is 42.9 Å². The lowest BCUT2D eigenvalue weighted by molar-refractivity contribution is -0.337. The molecule has 0 aromatic heterocycles. The van der Waals surface area contributed by atoms with Crippen LogP contribution in [0, 0.1) is 5.92 Å². The lowest BCUT2D eigenvalue weighted by atomic mass is 9.84. The third-order valence-corrected chi connectivity index (χ3v) is 8.02. The number of aliphatic hydroxyl groups is 1. The molecule has 0 amide bonds. The summed E-state index contributed by atoms with van der Waals surface area (Å²) in [4.78, 5) is 0. The first-order valence-corrected chi connectivity index (χ1v) is 14.7. The lowest BCUT2D eigenvalue weighted by Crippen LogP contribution is -2.61. The van der Waals surface area contributed by atoms with E-state index >= 15 is 0 Å². The van der Waals surface area contributed by atoms with E-state index in [0.29, 0.717) is 26.2 Å².